The van der Waals surface area contributed by atoms with Gasteiger partial charge in [0.1, 0.15) is 5.69 Å². The molecule has 0 fully saturated rings. The van der Waals surface area contributed by atoms with E-state index in [1.807, 2.05) is 35.4 Å². The summed E-state index contributed by atoms with van der Waals surface area (Å²) in [7, 11) is 0. The first-order valence-corrected chi connectivity index (χ1v) is 8.47. The maximum Gasteiger partial charge on any atom is 0.289 e. The number of thiazole rings is 1. The van der Waals surface area contributed by atoms with Gasteiger partial charge in [0, 0.05) is 18.5 Å². The molecule has 3 heterocycles. The molecule has 1 aliphatic rings. The smallest absolute Gasteiger partial charge is 0.289 e. The molecule has 4 nitrogen and oxygen atoms in total. The standard InChI is InChI=1S/C18H16N2O2S/c1-12-19-15(11-23-12)16-6-7-17(22-16)18(21)20-9-8-13-4-2-3-5-14(13)10-20/h2-7,11H,8-10H2,1H3. The highest BCUT2D eigenvalue weighted by molar-refractivity contribution is 7.09. The van der Waals surface area contributed by atoms with Crippen molar-refractivity contribution in [2.75, 3.05) is 6.54 Å². The Bertz CT molecular complexity index is 865. The number of aromatic nitrogens is 1. The van der Waals surface area contributed by atoms with Crippen LogP contribution in [0.3, 0.4) is 0 Å². The lowest BCUT2D eigenvalue weighted by atomic mass is 10.00. The number of furan rings is 1. The van der Waals surface area contributed by atoms with Gasteiger partial charge in [-0.1, -0.05) is 24.3 Å². The number of aryl methyl sites for hydroxylation is 1. The Balaban J connectivity index is 1.55. The summed E-state index contributed by atoms with van der Waals surface area (Å²) in [5.41, 5.74) is 3.33. The Kier molecular flexibility index (Phi) is 3.50. The van der Waals surface area contributed by atoms with E-state index in [0.29, 0.717) is 18.1 Å². The van der Waals surface area contributed by atoms with Gasteiger partial charge in [0.25, 0.3) is 5.91 Å². The summed E-state index contributed by atoms with van der Waals surface area (Å²) in [6, 6.07) is 11.8. The van der Waals surface area contributed by atoms with Crippen molar-refractivity contribution in [3.8, 4) is 11.5 Å². The second-order valence-electron chi connectivity index (χ2n) is 5.66. The predicted molar refractivity (Wildman–Crippen MR) is 89.4 cm³/mol. The zero-order chi connectivity index (χ0) is 15.8. The molecule has 3 aromatic rings. The lowest BCUT2D eigenvalue weighted by Crippen LogP contribution is -2.35. The first-order valence-electron chi connectivity index (χ1n) is 7.59. The molecule has 0 spiro atoms. The molecule has 1 aliphatic heterocycles. The lowest BCUT2D eigenvalue weighted by molar-refractivity contribution is 0.0703. The largest absolute Gasteiger partial charge is 0.449 e. The Hall–Kier alpha value is -2.40. The Labute approximate surface area is 138 Å². The highest BCUT2D eigenvalue weighted by Crippen LogP contribution is 2.26. The molecule has 0 aliphatic carbocycles. The average Bonchev–Trinajstić information content (AvgIpc) is 3.22. The summed E-state index contributed by atoms with van der Waals surface area (Å²) in [6.07, 6.45) is 0.890. The van der Waals surface area contributed by atoms with Crippen LogP contribution in [-0.2, 0) is 13.0 Å². The topological polar surface area (TPSA) is 46.3 Å². The average molecular weight is 324 g/mol. The Morgan fingerprint density at radius 3 is 2.83 bits per heavy atom. The number of carbonyl (C=O) groups excluding carboxylic acids is 1. The molecule has 0 atom stereocenters. The number of hydrogen-bond acceptors (Lipinski definition) is 4. The van der Waals surface area contributed by atoms with E-state index in [1.165, 1.54) is 11.1 Å². The van der Waals surface area contributed by atoms with E-state index < -0.39 is 0 Å². The van der Waals surface area contributed by atoms with E-state index in [-0.39, 0.29) is 5.91 Å². The van der Waals surface area contributed by atoms with Gasteiger partial charge in [-0.05, 0) is 36.6 Å². The van der Waals surface area contributed by atoms with Crippen LogP contribution in [0.1, 0.15) is 26.7 Å². The third kappa shape index (κ3) is 2.68. The first kappa shape index (κ1) is 14.2. The predicted octanol–water partition coefficient (Wildman–Crippen LogP) is 3.91. The number of carbonyl (C=O) groups is 1. The maximum atomic E-state index is 12.7. The summed E-state index contributed by atoms with van der Waals surface area (Å²) in [4.78, 5) is 18.9. The fourth-order valence-corrected chi connectivity index (χ4v) is 3.49. The van der Waals surface area contributed by atoms with Crippen molar-refractivity contribution >= 4 is 17.2 Å². The molecule has 1 aromatic carbocycles. The van der Waals surface area contributed by atoms with Crippen LogP contribution in [0, 0.1) is 6.92 Å². The molecule has 5 heteroatoms. The minimum atomic E-state index is -0.0577. The summed E-state index contributed by atoms with van der Waals surface area (Å²) in [6.45, 7) is 3.32. The summed E-state index contributed by atoms with van der Waals surface area (Å²) >= 11 is 1.57. The molecule has 0 bridgehead atoms. The van der Waals surface area contributed by atoms with Crippen LogP contribution in [0.15, 0.2) is 46.2 Å². The van der Waals surface area contributed by atoms with Crippen LogP contribution in [0.2, 0.25) is 0 Å². The molecular formula is C18H16N2O2S. The Morgan fingerprint density at radius 1 is 1.22 bits per heavy atom. The molecule has 23 heavy (non-hydrogen) atoms. The quantitative estimate of drug-likeness (QED) is 0.718. The van der Waals surface area contributed by atoms with E-state index >= 15 is 0 Å². The van der Waals surface area contributed by atoms with Gasteiger partial charge in [-0.3, -0.25) is 4.79 Å². The number of rotatable bonds is 2. The number of hydrogen-bond donors (Lipinski definition) is 0. The van der Waals surface area contributed by atoms with Gasteiger partial charge in [0.15, 0.2) is 11.5 Å². The second kappa shape index (κ2) is 5.66. The van der Waals surface area contributed by atoms with Gasteiger partial charge in [-0.2, -0.15) is 0 Å². The summed E-state index contributed by atoms with van der Waals surface area (Å²) in [5, 5.41) is 2.93. The third-order valence-electron chi connectivity index (χ3n) is 4.11. The van der Waals surface area contributed by atoms with Gasteiger partial charge in [0.05, 0.1) is 5.01 Å². The minimum absolute atomic E-state index is 0.0577. The molecule has 2 aromatic heterocycles. The first-order chi connectivity index (χ1) is 11.2. The van der Waals surface area contributed by atoms with Crippen molar-refractivity contribution < 1.29 is 9.21 Å². The molecule has 0 radical (unpaired) electrons. The molecule has 0 unspecified atom stereocenters. The molecular weight excluding hydrogens is 308 g/mol. The number of nitrogens with zero attached hydrogens (tertiary/aromatic N) is 2. The summed E-state index contributed by atoms with van der Waals surface area (Å²) in [5.74, 6) is 0.970. The normalized spacial score (nSPS) is 13.9. The van der Waals surface area contributed by atoms with E-state index in [9.17, 15) is 4.79 Å². The van der Waals surface area contributed by atoms with Crippen LogP contribution in [0.4, 0.5) is 0 Å². The van der Waals surface area contributed by atoms with Gasteiger partial charge >= 0.3 is 0 Å². The molecule has 0 saturated heterocycles. The molecule has 116 valence electrons. The fraction of sp³-hybridized carbons (Fsp3) is 0.222. The molecule has 4 rings (SSSR count). The van der Waals surface area contributed by atoms with E-state index in [1.54, 1.807) is 17.4 Å². The summed E-state index contributed by atoms with van der Waals surface area (Å²) < 4.78 is 5.74. The van der Waals surface area contributed by atoms with Crippen molar-refractivity contribution in [1.82, 2.24) is 9.88 Å². The monoisotopic (exact) mass is 324 g/mol. The molecule has 0 N–H and O–H groups in total. The zero-order valence-corrected chi connectivity index (χ0v) is 13.6. The van der Waals surface area contributed by atoms with Crippen molar-refractivity contribution in [2.24, 2.45) is 0 Å². The number of fused-ring (bicyclic) bond motifs is 1. The highest BCUT2D eigenvalue weighted by Gasteiger charge is 2.24. The van der Waals surface area contributed by atoms with Gasteiger partial charge in [-0.15, -0.1) is 11.3 Å². The van der Waals surface area contributed by atoms with Gasteiger partial charge in [0.2, 0.25) is 0 Å². The maximum absolute atomic E-state index is 12.7. The van der Waals surface area contributed by atoms with E-state index in [2.05, 4.69) is 17.1 Å². The van der Waals surface area contributed by atoms with Crippen molar-refractivity contribution in [1.29, 1.82) is 0 Å². The van der Waals surface area contributed by atoms with Crippen molar-refractivity contribution in [2.45, 2.75) is 19.9 Å². The van der Waals surface area contributed by atoms with Crippen LogP contribution in [0.25, 0.3) is 11.5 Å². The van der Waals surface area contributed by atoms with E-state index in [4.69, 9.17) is 4.42 Å². The van der Waals surface area contributed by atoms with Crippen LogP contribution < -0.4 is 0 Å². The lowest BCUT2D eigenvalue weighted by Gasteiger charge is -2.28. The second-order valence-corrected chi connectivity index (χ2v) is 6.72. The fourth-order valence-electron chi connectivity index (χ4n) is 2.89. The number of benzene rings is 1. The Morgan fingerprint density at radius 2 is 2.04 bits per heavy atom. The van der Waals surface area contributed by atoms with Crippen molar-refractivity contribution in [3.05, 3.63) is 63.7 Å². The third-order valence-corrected chi connectivity index (χ3v) is 4.88. The van der Waals surface area contributed by atoms with Crippen LogP contribution in [-0.4, -0.2) is 22.3 Å². The van der Waals surface area contributed by atoms with Crippen LogP contribution in [0.5, 0.6) is 0 Å². The van der Waals surface area contributed by atoms with Gasteiger partial charge < -0.3 is 9.32 Å². The SMILES string of the molecule is Cc1nc(-c2ccc(C(=O)N3CCc4ccccc4C3)o2)cs1. The zero-order valence-electron chi connectivity index (χ0n) is 12.8. The minimum Gasteiger partial charge on any atom is -0.449 e. The van der Waals surface area contributed by atoms with Crippen molar-refractivity contribution in [3.63, 3.8) is 0 Å². The van der Waals surface area contributed by atoms with E-state index in [0.717, 1.165) is 23.7 Å². The molecule has 0 saturated carbocycles. The highest BCUT2D eigenvalue weighted by atomic mass is 32.1. The van der Waals surface area contributed by atoms with Crippen LogP contribution >= 0.6 is 11.3 Å². The van der Waals surface area contributed by atoms with Gasteiger partial charge in [-0.25, -0.2) is 4.98 Å². The molecule has 1 amide bonds. The number of amides is 1.